The predicted molar refractivity (Wildman–Crippen MR) is 325 cm³/mol. The summed E-state index contributed by atoms with van der Waals surface area (Å²) in [6, 6.07) is 42.8. The number of benzene rings is 7. The predicted octanol–water partition coefficient (Wildman–Crippen LogP) is 15.1. The summed E-state index contributed by atoms with van der Waals surface area (Å²) in [4.78, 5) is 41.7. The standard InChI is InChI=1S/C28H23F3N6O4.C18H14F3N3O2.C16H15N3O3.CH4/c1-16-7-9-18(10-8-16)37-25(14-24(36-37)28(29,30)31)35-27(38)34-17-5-4-6-19(11-17)41-26-20-12-22(39-2)23(40-3)13-21(20)32-15-33-26;1-12-7-9-13(10-8-12)24-16(11-15(23-24)18(19,20)21)22-17(25)26-14-5-3-2-4-6-14;1-20-14-7-12-13(8-15(14)21-2)18-9-19-16(12)22-11-5-3-4-10(17)6-11;/h4-15H,1-3H3,(H2,34,35,38);2-11H,1H3,(H,22,25);3-9H,17H2,1-2H3;1H4. The molecule has 0 fully saturated rings. The molecule has 0 aliphatic heterocycles. The lowest BCUT2D eigenvalue weighted by Gasteiger charge is -2.13. The number of urea groups is 1. The van der Waals surface area contributed by atoms with Gasteiger partial charge in [-0.05, 0) is 86.6 Å². The second-order valence-electron chi connectivity index (χ2n) is 18.8. The highest BCUT2D eigenvalue weighted by Crippen LogP contribution is 2.39. The lowest BCUT2D eigenvalue weighted by atomic mass is 10.2. The Hall–Kier alpha value is -11.6. The van der Waals surface area contributed by atoms with E-state index in [-0.39, 0.29) is 30.7 Å². The van der Waals surface area contributed by atoms with Gasteiger partial charge < -0.3 is 44.2 Å². The number of aryl methyl sites for hydroxylation is 2. The van der Waals surface area contributed by atoms with E-state index in [0.717, 1.165) is 38.0 Å². The zero-order valence-corrected chi connectivity index (χ0v) is 47.8. The van der Waals surface area contributed by atoms with Crippen LogP contribution in [-0.2, 0) is 12.4 Å². The number of aromatic nitrogens is 8. The molecule has 27 heteroatoms. The number of ether oxygens (including phenoxy) is 7. The lowest BCUT2D eigenvalue weighted by molar-refractivity contribution is -0.142. The Morgan fingerprint density at radius 2 is 0.911 bits per heavy atom. The third-order valence-corrected chi connectivity index (χ3v) is 12.6. The minimum Gasteiger partial charge on any atom is -0.493 e. The van der Waals surface area contributed by atoms with E-state index in [1.165, 1.54) is 32.9 Å². The second kappa shape index (κ2) is 28.3. The molecule has 0 unspecified atom stereocenters. The molecule has 0 aliphatic rings. The highest BCUT2D eigenvalue weighted by atomic mass is 19.4. The van der Waals surface area contributed by atoms with Gasteiger partial charge in [0.05, 0.1) is 61.6 Å². The van der Waals surface area contributed by atoms with Crippen molar-refractivity contribution in [2.75, 3.05) is 50.1 Å². The number of nitrogen functional groups attached to an aromatic ring is 1. The van der Waals surface area contributed by atoms with Crippen molar-refractivity contribution in [2.45, 2.75) is 33.6 Å². The molecule has 3 amide bonds. The number of nitrogens with zero attached hydrogens (tertiary/aromatic N) is 8. The first-order valence-electron chi connectivity index (χ1n) is 26.3. The van der Waals surface area contributed by atoms with Crippen LogP contribution in [0, 0.1) is 13.8 Å². The number of hydrogen-bond acceptors (Lipinski definition) is 16. The number of fused-ring (bicyclic) bond motifs is 2. The molecule has 0 spiro atoms. The minimum absolute atomic E-state index is 0. The second-order valence-corrected chi connectivity index (χ2v) is 18.8. The lowest BCUT2D eigenvalue weighted by Crippen LogP contribution is -2.21. The number of para-hydroxylation sites is 1. The van der Waals surface area contributed by atoms with Crippen LogP contribution in [0.4, 0.5) is 58.9 Å². The van der Waals surface area contributed by atoms with Crippen LogP contribution in [0.1, 0.15) is 29.9 Å². The topological polar surface area (TPSA) is 248 Å². The molecule has 4 aromatic heterocycles. The number of methoxy groups -OCH3 is 4. The van der Waals surface area contributed by atoms with E-state index >= 15 is 0 Å². The van der Waals surface area contributed by atoms with Crippen LogP contribution in [0.15, 0.2) is 176 Å². The van der Waals surface area contributed by atoms with Crippen molar-refractivity contribution in [3.8, 4) is 63.4 Å². The number of carbonyl (C=O) groups is 2. The van der Waals surface area contributed by atoms with Gasteiger partial charge in [0.25, 0.3) is 0 Å². The van der Waals surface area contributed by atoms with Crippen LogP contribution < -0.4 is 54.8 Å². The van der Waals surface area contributed by atoms with E-state index in [9.17, 15) is 35.9 Å². The Morgan fingerprint density at radius 1 is 0.478 bits per heavy atom. The molecular formula is C63H56F6N12O9. The summed E-state index contributed by atoms with van der Waals surface area (Å²) in [7, 11) is 6.18. The van der Waals surface area contributed by atoms with Crippen LogP contribution in [0.3, 0.4) is 0 Å². The smallest absolute Gasteiger partial charge is 0.435 e. The average Bonchev–Trinajstić information content (AvgIpc) is 3.21. The van der Waals surface area contributed by atoms with Crippen LogP contribution in [0.2, 0.25) is 0 Å². The SMILES string of the molecule is C.COc1cc2ncnc(Oc3cccc(N)c3)c2cc1OC.COc1cc2ncnc(Oc3cccc(NC(=O)Nc4cc(C(F)(F)F)nn4-c4ccc(C)cc4)c3)c2cc1OC.Cc1ccc(-n2nc(C(F)(F)F)cc2NC(=O)Oc2ccccc2)cc1. The van der Waals surface area contributed by atoms with Crippen molar-refractivity contribution in [1.82, 2.24) is 39.5 Å². The summed E-state index contributed by atoms with van der Waals surface area (Å²) in [5, 5.41) is 15.8. The molecule has 464 valence electrons. The summed E-state index contributed by atoms with van der Waals surface area (Å²) in [6.45, 7) is 3.70. The number of rotatable bonds is 14. The number of hydrogen-bond donors (Lipinski definition) is 4. The van der Waals surface area contributed by atoms with Crippen molar-refractivity contribution >= 4 is 56.9 Å². The van der Waals surface area contributed by atoms with Gasteiger partial charge in [0.15, 0.2) is 34.4 Å². The normalized spacial score (nSPS) is 10.9. The van der Waals surface area contributed by atoms with Gasteiger partial charge in [0.1, 0.15) is 41.5 Å². The van der Waals surface area contributed by atoms with E-state index in [4.69, 9.17) is 38.9 Å². The molecular weight excluding hydrogens is 1180 g/mol. The molecule has 0 radical (unpaired) electrons. The fourth-order valence-electron chi connectivity index (χ4n) is 8.31. The van der Waals surface area contributed by atoms with Crippen molar-refractivity contribution in [3.63, 3.8) is 0 Å². The van der Waals surface area contributed by atoms with Crippen molar-refractivity contribution in [1.29, 1.82) is 0 Å². The third kappa shape index (κ3) is 16.1. The van der Waals surface area contributed by atoms with Crippen LogP contribution in [-0.4, -0.2) is 80.1 Å². The molecule has 0 saturated heterocycles. The van der Waals surface area contributed by atoms with Crippen molar-refractivity contribution < 1.29 is 69.1 Å². The monoisotopic (exact) mass is 1240 g/mol. The van der Waals surface area contributed by atoms with E-state index in [0.29, 0.717) is 79.5 Å². The number of anilines is 4. The van der Waals surface area contributed by atoms with Gasteiger partial charge in [-0.1, -0.05) is 73.2 Å². The van der Waals surface area contributed by atoms with E-state index in [2.05, 4.69) is 46.1 Å². The fraction of sp³-hybridized carbons (Fsp3) is 0.143. The summed E-state index contributed by atoms with van der Waals surface area (Å²) < 4.78 is 119. The summed E-state index contributed by atoms with van der Waals surface area (Å²) in [6.07, 6.45) is -7.48. The first-order chi connectivity index (χ1) is 42.7. The van der Waals surface area contributed by atoms with Gasteiger partial charge in [-0.25, -0.2) is 38.9 Å². The van der Waals surface area contributed by atoms with Gasteiger partial charge >= 0.3 is 24.5 Å². The molecule has 21 nitrogen and oxygen atoms in total. The van der Waals surface area contributed by atoms with Gasteiger partial charge in [-0.15, -0.1) is 0 Å². The summed E-state index contributed by atoms with van der Waals surface area (Å²) >= 11 is 0. The number of nitrogens with one attached hydrogen (secondary N) is 3. The number of carbonyl (C=O) groups excluding carboxylic acids is 2. The molecule has 0 saturated carbocycles. The van der Waals surface area contributed by atoms with Crippen LogP contribution >= 0.6 is 0 Å². The van der Waals surface area contributed by atoms with E-state index in [1.807, 2.05) is 26.0 Å². The highest BCUT2D eigenvalue weighted by Gasteiger charge is 2.37. The number of halogens is 6. The van der Waals surface area contributed by atoms with E-state index in [1.54, 1.807) is 148 Å². The first-order valence-corrected chi connectivity index (χ1v) is 26.3. The van der Waals surface area contributed by atoms with Gasteiger partial charge in [-0.2, -0.15) is 36.5 Å². The Balaban J connectivity index is 0.000000184. The summed E-state index contributed by atoms with van der Waals surface area (Å²) in [5.41, 5.74) is 8.28. The van der Waals surface area contributed by atoms with Gasteiger partial charge in [-0.3, -0.25) is 10.6 Å². The molecule has 11 rings (SSSR count). The van der Waals surface area contributed by atoms with Crippen molar-refractivity contribution in [3.05, 3.63) is 199 Å². The maximum absolute atomic E-state index is 13.4. The Bertz CT molecular complexity index is 4290. The number of alkyl halides is 6. The quantitative estimate of drug-likeness (QED) is 0.0584. The van der Waals surface area contributed by atoms with Crippen LogP contribution in [0.5, 0.6) is 52.0 Å². The third-order valence-electron chi connectivity index (χ3n) is 12.6. The Labute approximate surface area is 509 Å². The Morgan fingerprint density at radius 3 is 1.37 bits per heavy atom. The van der Waals surface area contributed by atoms with Gasteiger partial charge in [0, 0.05) is 47.8 Å². The molecule has 0 atom stereocenters. The van der Waals surface area contributed by atoms with Crippen LogP contribution in [0.25, 0.3) is 33.2 Å². The maximum atomic E-state index is 13.4. The molecule has 11 aromatic rings. The Kier molecular flexibility index (Phi) is 20.2. The van der Waals surface area contributed by atoms with E-state index < -0.39 is 35.9 Å². The maximum Gasteiger partial charge on any atom is 0.435 e. The zero-order valence-electron chi connectivity index (χ0n) is 47.8. The van der Waals surface area contributed by atoms with Crippen molar-refractivity contribution in [2.24, 2.45) is 0 Å². The first kappa shape index (κ1) is 64.4. The molecule has 7 aromatic carbocycles. The van der Waals surface area contributed by atoms with Gasteiger partial charge in [0.2, 0.25) is 11.8 Å². The highest BCUT2D eigenvalue weighted by molar-refractivity contribution is 5.99. The largest absolute Gasteiger partial charge is 0.493 e. The molecule has 0 bridgehead atoms. The fourth-order valence-corrected chi connectivity index (χ4v) is 8.31. The number of amides is 3. The molecule has 90 heavy (non-hydrogen) atoms. The molecule has 4 heterocycles. The molecule has 5 N–H and O–H groups in total. The molecule has 0 aliphatic carbocycles. The minimum atomic E-state index is -4.70. The average molecular weight is 1240 g/mol. The summed E-state index contributed by atoms with van der Waals surface area (Å²) in [5.74, 6) is 3.70. The zero-order chi connectivity index (χ0) is 63.4. The number of nitrogens with two attached hydrogens (primary N) is 1.